The van der Waals surface area contributed by atoms with Crippen LogP contribution < -0.4 is 9.64 Å². The summed E-state index contributed by atoms with van der Waals surface area (Å²) in [6.07, 6.45) is 1.46. The molecule has 0 radical (unpaired) electrons. The molecule has 0 aliphatic carbocycles. The molecule has 0 unspecified atom stereocenters. The molecule has 1 aromatic heterocycles. The van der Waals surface area contributed by atoms with E-state index in [9.17, 15) is 9.90 Å². The van der Waals surface area contributed by atoms with Crippen LogP contribution in [0.1, 0.15) is 6.92 Å². The smallest absolute Gasteiger partial charge is 0.326 e. The molecule has 3 aromatic carbocycles. The van der Waals surface area contributed by atoms with Crippen LogP contribution in [0.15, 0.2) is 91.3 Å². The number of hydrogen-bond donors (Lipinski definition) is 1. The molecule has 0 aliphatic rings. The molecule has 4 aromatic rings. The van der Waals surface area contributed by atoms with Gasteiger partial charge in [0.25, 0.3) is 0 Å². The van der Waals surface area contributed by atoms with Gasteiger partial charge < -0.3 is 14.7 Å². The fourth-order valence-corrected chi connectivity index (χ4v) is 3.51. The van der Waals surface area contributed by atoms with Gasteiger partial charge in [-0.15, -0.1) is 0 Å². The van der Waals surface area contributed by atoms with E-state index < -0.39 is 12.0 Å². The van der Waals surface area contributed by atoms with Crippen molar-refractivity contribution in [2.45, 2.75) is 13.0 Å². The molecule has 0 bridgehead atoms. The van der Waals surface area contributed by atoms with Gasteiger partial charge in [0.05, 0.1) is 12.8 Å². The Labute approximate surface area is 186 Å². The van der Waals surface area contributed by atoms with Crippen LogP contribution in [-0.2, 0) is 4.79 Å². The third kappa shape index (κ3) is 4.44. The van der Waals surface area contributed by atoms with Crippen LogP contribution >= 0.6 is 0 Å². The lowest BCUT2D eigenvalue weighted by molar-refractivity contribution is -0.138. The van der Waals surface area contributed by atoms with Gasteiger partial charge in [0.1, 0.15) is 23.9 Å². The lowest BCUT2D eigenvalue weighted by Gasteiger charge is -2.27. The molecule has 0 saturated carbocycles. The fraction of sp³-hybridized carbons (Fsp3) is 0.115. The van der Waals surface area contributed by atoms with Crippen LogP contribution in [0, 0.1) is 0 Å². The summed E-state index contributed by atoms with van der Waals surface area (Å²) in [5.41, 5.74) is 4.56. The van der Waals surface area contributed by atoms with E-state index in [1.807, 2.05) is 84.9 Å². The average Bonchev–Trinajstić information content (AvgIpc) is 2.85. The summed E-state index contributed by atoms with van der Waals surface area (Å²) in [5.74, 6) is 0.408. The van der Waals surface area contributed by atoms with Crippen molar-refractivity contribution in [3.05, 3.63) is 91.3 Å². The highest BCUT2D eigenvalue weighted by molar-refractivity contribution is 5.82. The number of carboxylic acid groups (broad SMARTS) is 1. The highest BCUT2D eigenvalue weighted by atomic mass is 16.5. The summed E-state index contributed by atoms with van der Waals surface area (Å²) in [4.78, 5) is 22.2. The van der Waals surface area contributed by atoms with Crippen molar-refractivity contribution in [3.8, 4) is 28.1 Å². The molecular weight excluding hydrogens is 402 g/mol. The molecule has 1 heterocycles. The summed E-state index contributed by atoms with van der Waals surface area (Å²) in [7, 11) is 1.65. The third-order valence-electron chi connectivity index (χ3n) is 5.28. The van der Waals surface area contributed by atoms with E-state index in [0.717, 1.165) is 33.8 Å². The van der Waals surface area contributed by atoms with E-state index in [1.54, 1.807) is 18.9 Å². The van der Waals surface area contributed by atoms with Gasteiger partial charge in [0.2, 0.25) is 0 Å². The molecule has 32 heavy (non-hydrogen) atoms. The van der Waals surface area contributed by atoms with Crippen molar-refractivity contribution in [2.24, 2.45) is 0 Å². The largest absolute Gasteiger partial charge is 0.497 e. The summed E-state index contributed by atoms with van der Waals surface area (Å²) in [6.45, 7) is 1.64. The number of carboxylic acids is 1. The Morgan fingerprint density at radius 1 is 0.875 bits per heavy atom. The first kappa shape index (κ1) is 21.1. The number of methoxy groups -OCH3 is 1. The number of ether oxygens (including phenoxy) is 1. The highest BCUT2D eigenvalue weighted by Gasteiger charge is 2.24. The van der Waals surface area contributed by atoms with E-state index in [1.165, 1.54) is 6.33 Å². The standard InChI is InChI=1S/C26H23N3O3/c1-18(26(30)31)29(22-6-4-3-5-7-22)25-16-24(27-17-28-25)21-10-8-19(9-11-21)20-12-14-23(32-2)15-13-20/h3-18H,1-2H3,(H,30,31)/t18-/m0/s1. The number of aliphatic carboxylic acids is 1. The zero-order chi connectivity index (χ0) is 22.5. The van der Waals surface area contributed by atoms with Crippen molar-refractivity contribution in [1.29, 1.82) is 0 Å². The second-order valence-electron chi connectivity index (χ2n) is 7.29. The van der Waals surface area contributed by atoms with Gasteiger partial charge >= 0.3 is 5.97 Å². The summed E-state index contributed by atoms with van der Waals surface area (Å²) in [5, 5.41) is 9.64. The Morgan fingerprint density at radius 3 is 2.06 bits per heavy atom. The Morgan fingerprint density at radius 2 is 1.47 bits per heavy atom. The molecular formula is C26H23N3O3. The lowest BCUT2D eigenvalue weighted by Crippen LogP contribution is -2.36. The second-order valence-corrected chi connectivity index (χ2v) is 7.29. The normalized spacial score (nSPS) is 11.6. The van der Waals surface area contributed by atoms with Crippen LogP contribution in [0.2, 0.25) is 0 Å². The van der Waals surface area contributed by atoms with Gasteiger partial charge in [-0.3, -0.25) is 0 Å². The quantitative estimate of drug-likeness (QED) is 0.425. The summed E-state index contributed by atoms with van der Waals surface area (Å²) < 4.78 is 5.22. The first-order valence-electron chi connectivity index (χ1n) is 10.2. The lowest BCUT2D eigenvalue weighted by atomic mass is 10.0. The molecule has 6 heteroatoms. The van der Waals surface area contributed by atoms with Gasteiger partial charge in [-0.25, -0.2) is 14.8 Å². The minimum Gasteiger partial charge on any atom is -0.497 e. The Kier molecular flexibility index (Phi) is 6.12. The monoisotopic (exact) mass is 425 g/mol. The van der Waals surface area contributed by atoms with Gasteiger partial charge in [-0.05, 0) is 42.3 Å². The number of rotatable bonds is 7. The van der Waals surface area contributed by atoms with Crippen molar-refractivity contribution in [1.82, 2.24) is 9.97 Å². The third-order valence-corrected chi connectivity index (χ3v) is 5.28. The van der Waals surface area contributed by atoms with Gasteiger partial charge in [-0.1, -0.05) is 54.6 Å². The second kappa shape index (κ2) is 9.31. The van der Waals surface area contributed by atoms with Crippen LogP contribution in [0.3, 0.4) is 0 Å². The maximum Gasteiger partial charge on any atom is 0.326 e. The van der Waals surface area contributed by atoms with Gasteiger partial charge in [0.15, 0.2) is 0 Å². The molecule has 0 aliphatic heterocycles. The average molecular weight is 425 g/mol. The summed E-state index contributed by atoms with van der Waals surface area (Å²) in [6, 6.07) is 26.4. The summed E-state index contributed by atoms with van der Waals surface area (Å²) >= 11 is 0. The molecule has 1 N–H and O–H groups in total. The van der Waals surface area contributed by atoms with Crippen LogP contribution in [0.25, 0.3) is 22.4 Å². The Hall–Kier alpha value is -4.19. The van der Waals surface area contributed by atoms with Crippen molar-refractivity contribution < 1.29 is 14.6 Å². The zero-order valence-electron chi connectivity index (χ0n) is 17.8. The highest BCUT2D eigenvalue weighted by Crippen LogP contribution is 2.30. The van der Waals surface area contributed by atoms with E-state index in [4.69, 9.17) is 4.74 Å². The number of aromatic nitrogens is 2. The molecule has 4 rings (SSSR count). The molecule has 0 saturated heterocycles. The minimum absolute atomic E-state index is 0.523. The first-order chi connectivity index (χ1) is 15.6. The SMILES string of the molecule is COc1ccc(-c2ccc(-c3cc(N(c4ccccc4)[C@@H](C)C(=O)O)ncn3)cc2)cc1. The number of benzene rings is 3. The number of para-hydroxylation sites is 1. The van der Waals surface area contributed by atoms with Crippen LogP contribution in [0.5, 0.6) is 5.75 Å². The van der Waals surface area contributed by atoms with Crippen molar-refractivity contribution in [3.63, 3.8) is 0 Å². The molecule has 1 atom stereocenters. The number of hydrogen-bond acceptors (Lipinski definition) is 5. The zero-order valence-corrected chi connectivity index (χ0v) is 17.8. The van der Waals surface area contributed by atoms with Crippen LogP contribution in [0.4, 0.5) is 11.5 Å². The fourth-order valence-electron chi connectivity index (χ4n) is 3.51. The number of nitrogens with zero attached hydrogens (tertiary/aromatic N) is 3. The maximum absolute atomic E-state index is 11.8. The minimum atomic E-state index is -0.933. The van der Waals surface area contributed by atoms with E-state index >= 15 is 0 Å². The molecule has 0 spiro atoms. The van der Waals surface area contributed by atoms with E-state index in [-0.39, 0.29) is 0 Å². The molecule has 160 valence electrons. The van der Waals surface area contributed by atoms with Gasteiger partial charge in [0, 0.05) is 17.3 Å². The predicted molar refractivity (Wildman–Crippen MR) is 125 cm³/mol. The molecule has 0 amide bonds. The maximum atomic E-state index is 11.8. The predicted octanol–water partition coefficient (Wildman–Crippen LogP) is 5.43. The molecule has 6 nitrogen and oxygen atoms in total. The molecule has 0 fully saturated rings. The van der Waals surface area contributed by atoms with E-state index in [0.29, 0.717) is 5.82 Å². The number of carbonyl (C=O) groups is 1. The first-order valence-corrected chi connectivity index (χ1v) is 10.2. The van der Waals surface area contributed by atoms with Crippen LogP contribution in [-0.4, -0.2) is 34.2 Å². The van der Waals surface area contributed by atoms with E-state index in [2.05, 4.69) is 9.97 Å². The Balaban J connectivity index is 1.66. The Bertz CT molecular complexity index is 1190. The van der Waals surface area contributed by atoms with Crippen molar-refractivity contribution in [2.75, 3.05) is 12.0 Å². The van der Waals surface area contributed by atoms with Crippen molar-refractivity contribution >= 4 is 17.5 Å². The number of anilines is 2. The van der Waals surface area contributed by atoms with Gasteiger partial charge in [-0.2, -0.15) is 0 Å². The topological polar surface area (TPSA) is 75.5 Å².